The van der Waals surface area contributed by atoms with E-state index in [1.54, 1.807) is 0 Å². The summed E-state index contributed by atoms with van der Waals surface area (Å²) in [5, 5.41) is 0. The van der Waals surface area contributed by atoms with Gasteiger partial charge >= 0.3 is 0 Å². The molecule has 0 spiro atoms. The second-order valence-corrected chi connectivity index (χ2v) is 7.69. The zero-order valence-corrected chi connectivity index (χ0v) is 17.1. The Morgan fingerprint density at radius 1 is 0.655 bits per heavy atom. The third kappa shape index (κ3) is 6.87. The van der Waals surface area contributed by atoms with Crippen LogP contribution in [0.4, 0.5) is 0 Å². The standard InChI is InChI=1S/C28H30O/c1-23(17-22-28(29)27-15-9-4-10-16-27)26(20-18-24-11-5-2-6-12-24)21-19-25-13-7-3-8-14-25/h2-16,26H,1,17-22H2. The number of hydrogen-bond acceptors (Lipinski definition) is 1. The van der Waals surface area contributed by atoms with Gasteiger partial charge in [-0.3, -0.25) is 4.79 Å². The van der Waals surface area contributed by atoms with E-state index in [-0.39, 0.29) is 5.78 Å². The van der Waals surface area contributed by atoms with Gasteiger partial charge in [0.15, 0.2) is 5.78 Å². The minimum absolute atomic E-state index is 0.205. The molecule has 0 N–H and O–H groups in total. The molecule has 148 valence electrons. The average molecular weight is 383 g/mol. The Bertz CT molecular complexity index is 838. The molecule has 0 fully saturated rings. The van der Waals surface area contributed by atoms with Crippen molar-refractivity contribution in [1.82, 2.24) is 0 Å². The van der Waals surface area contributed by atoms with Crippen LogP contribution in [0.15, 0.2) is 103 Å². The second kappa shape index (κ2) is 11.2. The van der Waals surface area contributed by atoms with E-state index in [2.05, 4.69) is 67.2 Å². The molecular weight excluding hydrogens is 352 g/mol. The summed E-state index contributed by atoms with van der Waals surface area (Å²) in [4.78, 5) is 12.5. The van der Waals surface area contributed by atoms with E-state index in [1.165, 1.54) is 16.7 Å². The van der Waals surface area contributed by atoms with Crippen molar-refractivity contribution in [2.45, 2.75) is 38.5 Å². The van der Waals surface area contributed by atoms with E-state index in [0.29, 0.717) is 12.3 Å². The summed E-state index contributed by atoms with van der Waals surface area (Å²) in [5.74, 6) is 0.635. The lowest BCUT2D eigenvalue weighted by molar-refractivity contribution is 0.0982. The summed E-state index contributed by atoms with van der Waals surface area (Å²) in [5.41, 5.74) is 4.74. The molecule has 0 bridgehead atoms. The summed E-state index contributed by atoms with van der Waals surface area (Å²) < 4.78 is 0. The van der Waals surface area contributed by atoms with Gasteiger partial charge in [-0.15, -0.1) is 0 Å². The Kier molecular flexibility index (Phi) is 8.01. The van der Waals surface area contributed by atoms with Crippen molar-refractivity contribution in [3.63, 3.8) is 0 Å². The van der Waals surface area contributed by atoms with Crippen LogP contribution in [0.3, 0.4) is 0 Å². The molecule has 0 aliphatic rings. The second-order valence-electron chi connectivity index (χ2n) is 7.69. The lowest BCUT2D eigenvalue weighted by Gasteiger charge is -2.20. The number of ketones is 1. The molecule has 0 saturated carbocycles. The van der Waals surface area contributed by atoms with E-state index >= 15 is 0 Å². The van der Waals surface area contributed by atoms with Gasteiger partial charge < -0.3 is 0 Å². The minimum Gasteiger partial charge on any atom is -0.294 e. The van der Waals surface area contributed by atoms with E-state index < -0.39 is 0 Å². The summed E-state index contributed by atoms with van der Waals surface area (Å²) in [6.07, 6.45) is 5.56. The maximum absolute atomic E-state index is 12.5. The summed E-state index contributed by atoms with van der Waals surface area (Å²) in [7, 11) is 0. The van der Waals surface area contributed by atoms with Gasteiger partial charge in [0.2, 0.25) is 0 Å². The highest BCUT2D eigenvalue weighted by Crippen LogP contribution is 2.26. The fourth-order valence-electron chi connectivity index (χ4n) is 3.77. The molecule has 0 aliphatic carbocycles. The average Bonchev–Trinajstić information content (AvgIpc) is 2.79. The molecule has 3 aromatic rings. The fraction of sp³-hybridized carbons (Fsp3) is 0.250. The number of carbonyl (C=O) groups excluding carboxylic acids is 1. The van der Waals surface area contributed by atoms with Crippen molar-refractivity contribution in [1.29, 1.82) is 0 Å². The molecule has 3 rings (SSSR count). The molecule has 1 nitrogen and oxygen atoms in total. The summed E-state index contributed by atoms with van der Waals surface area (Å²) in [6.45, 7) is 4.39. The fourth-order valence-corrected chi connectivity index (χ4v) is 3.77. The van der Waals surface area contributed by atoms with Crippen LogP contribution in [0.5, 0.6) is 0 Å². The van der Waals surface area contributed by atoms with Gasteiger partial charge in [-0.2, -0.15) is 0 Å². The Hall–Kier alpha value is -2.93. The van der Waals surface area contributed by atoms with E-state index in [1.807, 2.05) is 30.3 Å². The zero-order valence-electron chi connectivity index (χ0n) is 17.1. The van der Waals surface area contributed by atoms with Crippen molar-refractivity contribution in [3.8, 4) is 0 Å². The molecule has 3 aromatic carbocycles. The van der Waals surface area contributed by atoms with Crippen molar-refractivity contribution in [2.24, 2.45) is 5.92 Å². The Balaban J connectivity index is 1.59. The lowest BCUT2D eigenvalue weighted by Crippen LogP contribution is -2.09. The van der Waals surface area contributed by atoms with Crippen LogP contribution in [0.2, 0.25) is 0 Å². The van der Waals surface area contributed by atoms with Crippen LogP contribution in [-0.2, 0) is 12.8 Å². The molecule has 0 unspecified atom stereocenters. The molecule has 0 aromatic heterocycles. The van der Waals surface area contributed by atoms with Crippen LogP contribution in [0.25, 0.3) is 0 Å². The molecule has 0 amide bonds. The van der Waals surface area contributed by atoms with Gasteiger partial charge in [-0.25, -0.2) is 0 Å². The molecule has 1 heteroatoms. The Morgan fingerprint density at radius 2 is 1.10 bits per heavy atom. The van der Waals surface area contributed by atoms with Crippen molar-refractivity contribution >= 4 is 5.78 Å². The first-order chi connectivity index (χ1) is 14.2. The first kappa shape index (κ1) is 20.8. The van der Waals surface area contributed by atoms with Crippen LogP contribution < -0.4 is 0 Å². The number of allylic oxidation sites excluding steroid dienone is 1. The van der Waals surface area contributed by atoms with Gasteiger partial charge in [0.1, 0.15) is 0 Å². The Morgan fingerprint density at radius 3 is 1.59 bits per heavy atom. The van der Waals surface area contributed by atoms with Crippen molar-refractivity contribution < 1.29 is 4.79 Å². The number of hydrogen-bond donors (Lipinski definition) is 0. The largest absolute Gasteiger partial charge is 0.294 e. The first-order valence-corrected chi connectivity index (χ1v) is 10.6. The monoisotopic (exact) mass is 382 g/mol. The van der Waals surface area contributed by atoms with Gasteiger partial charge in [-0.05, 0) is 49.1 Å². The smallest absolute Gasteiger partial charge is 0.163 e. The van der Waals surface area contributed by atoms with Gasteiger partial charge in [0.25, 0.3) is 0 Å². The first-order valence-electron chi connectivity index (χ1n) is 10.6. The molecule has 0 heterocycles. The zero-order chi connectivity index (χ0) is 20.3. The van der Waals surface area contributed by atoms with E-state index in [0.717, 1.165) is 37.7 Å². The highest BCUT2D eigenvalue weighted by atomic mass is 16.1. The molecule has 0 atom stereocenters. The molecular formula is C28H30O. The highest BCUT2D eigenvalue weighted by molar-refractivity contribution is 5.96. The Labute approximate surface area is 175 Å². The summed E-state index contributed by atoms with van der Waals surface area (Å²) in [6, 6.07) is 30.9. The quantitative estimate of drug-likeness (QED) is 0.256. The molecule has 0 radical (unpaired) electrons. The number of aryl methyl sites for hydroxylation is 2. The maximum atomic E-state index is 12.5. The maximum Gasteiger partial charge on any atom is 0.163 e. The lowest BCUT2D eigenvalue weighted by atomic mass is 9.85. The topological polar surface area (TPSA) is 17.1 Å². The number of benzene rings is 3. The van der Waals surface area contributed by atoms with Crippen LogP contribution in [0.1, 0.15) is 47.2 Å². The predicted octanol–water partition coefficient (Wildman–Crippen LogP) is 7.09. The van der Waals surface area contributed by atoms with Crippen LogP contribution in [-0.4, -0.2) is 5.78 Å². The SMILES string of the molecule is C=C(CCC(=O)c1ccccc1)C(CCc1ccccc1)CCc1ccccc1. The van der Waals surface area contributed by atoms with Crippen molar-refractivity contribution in [2.75, 3.05) is 0 Å². The highest BCUT2D eigenvalue weighted by Gasteiger charge is 2.15. The number of rotatable bonds is 11. The third-order valence-corrected chi connectivity index (χ3v) is 5.59. The van der Waals surface area contributed by atoms with Crippen LogP contribution in [0, 0.1) is 5.92 Å². The van der Waals surface area contributed by atoms with E-state index in [9.17, 15) is 4.79 Å². The van der Waals surface area contributed by atoms with Gasteiger partial charge in [0, 0.05) is 12.0 Å². The number of Topliss-reactive ketones (excluding diaryl/α,β-unsaturated/α-hetero) is 1. The summed E-state index contributed by atoms with van der Waals surface area (Å²) >= 11 is 0. The van der Waals surface area contributed by atoms with Crippen LogP contribution >= 0.6 is 0 Å². The van der Waals surface area contributed by atoms with Gasteiger partial charge in [-0.1, -0.05) is 103 Å². The molecule has 0 saturated heterocycles. The molecule has 29 heavy (non-hydrogen) atoms. The normalized spacial score (nSPS) is 10.8. The minimum atomic E-state index is 0.205. The molecule has 0 aliphatic heterocycles. The van der Waals surface area contributed by atoms with E-state index in [4.69, 9.17) is 0 Å². The third-order valence-electron chi connectivity index (χ3n) is 5.59. The van der Waals surface area contributed by atoms with Crippen molar-refractivity contribution in [3.05, 3.63) is 120 Å². The number of carbonyl (C=O) groups is 1. The predicted molar refractivity (Wildman–Crippen MR) is 122 cm³/mol. The van der Waals surface area contributed by atoms with Gasteiger partial charge in [0.05, 0.1) is 0 Å².